The number of nitrogens with one attached hydrogen (secondary N) is 1. The summed E-state index contributed by atoms with van der Waals surface area (Å²) in [5, 5.41) is 44.9. The van der Waals surface area contributed by atoms with Gasteiger partial charge in [-0.25, -0.2) is 0 Å². The van der Waals surface area contributed by atoms with Crippen LogP contribution in [0.15, 0.2) is 18.2 Å². The highest BCUT2D eigenvalue weighted by molar-refractivity contribution is 5.95. The maximum Gasteiger partial charge on any atom is 0.202 e. The minimum absolute atomic E-state index is 0.101. The third-order valence-electron chi connectivity index (χ3n) is 5.83. The molecule has 0 spiro atoms. The van der Waals surface area contributed by atoms with E-state index in [4.69, 9.17) is 0 Å². The number of aliphatic hydroxyl groups excluding tert-OH is 2. The number of rotatable bonds is 3. The second-order valence-electron chi connectivity index (χ2n) is 7.48. The normalized spacial score (nSPS) is 27.2. The summed E-state index contributed by atoms with van der Waals surface area (Å²) in [5.74, 6) is -0.0931. The van der Waals surface area contributed by atoms with Crippen molar-refractivity contribution in [2.45, 2.75) is 44.2 Å². The SMILES string of the molecule is O=CC1CCN(c2ccc3c(O)n(C4CCC(O)NC4O)c(O)c3c2)CC1. The number of benzene rings is 1. The van der Waals surface area contributed by atoms with Crippen molar-refractivity contribution >= 4 is 22.7 Å². The molecule has 2 fully saturated rings. The zero-order chi connectivity index (χ0) is 19.1. The number of nitrogens with zero attached hydrogens (tertiary/aromatic N) is 2. The van der Waals surface area contributed by atoms with E-state index in [1.807, 2.05) is 12.1 Å². The predicted molar refractivity (Wildman–Crippen MR) is 99.7 cm³/mol. The van der Waals surface area contributed by atoms with Crippen LogP contribution in [-0.4, -0.2) is 56.8 Å². The Kier molecular flexibility index (Phi) is 4.71. The molecular formula is C19H25N3O5. The van der Waals surface area contributed by atoms with Crippen LogP contribution in [0.4, 0.5) is 5.69 Å². The molecule has 0 bridgehead atoms. The summed E-state index contributed by atoms with van der Waals surface area (Å²) in [4.78, 5) is 13.1. The quantitative estimate of drug-likeness (QED) is 0.509. The standard InChI is InChI=1S/C19H25N3O5/c23-10-11-5-7-21(8-6-11)12-1-2-13-14(9-12)19(27)22(18(13)26)15-3-4-16(24)20-17(15)25/h1-2,9-11,15-17,20,24-27H,3-8H2. The Labute approximate surface area is 156 Å². The summed E-state index contributed by atoms with van der Waals surface area (Å²) >= 11 is 0. The van der Waals surface area contributed by atoms with E-state index in [0.717, 1.165) is 37.9 Å². The Balaban J connectivity index is 1.67. The molecule has 0 amide bonds. The summed E-state index contributed by atoms with van der Waals surface area (Å²) in [7, 11) is 0. The van der Waals surface area contributed by atoms with Crippen LogP contribution < -0.4 is 10.2 Å². The van der Waals surface area contributed by atoms with E-state index in [2.05, 4.69) is 10.2 Å². The Bertz CT molecular complexity index is 843. The number of piperidine rings is 2. The summed E-state index contributed by atoms with van der Waals surface area (Å²) in [6.07, 6.45) is 1.59. The summed E-state index contributed by atoms with van der Waals surface area (Å²) < 4.78 is 1.33. The highest BCUT2D eigenvalue weighted by atomic mass is 16.3. The fraction of sp³-hybridized carbons (Fsp3) is 0.526. The van der Waals surface area contributed by atoms with Gasteiger partial charge in [0.05, 0.1) is 6.04 Å². The van der Waals surface area contributed by atoms with Gasteiger partial charge in [-0.15, -0.1) is 0 Å². The van der Waals surface area contributed by atoms with Crippen molar-refractivity contribution in [1.29, 1.82) is 0 Å². The lowest BCUT2D eigenvalue weighted by Gasteiger charge is -2.33. The van der Waals surface area contributed by atoms with Crippen molar-refractivity contribution in [2.75, 3.05) is 18.0 Å². The molecule has 8 heteroatoms. The molecule has 1 aromatic heterocycles. The minimum atomic E-state index is -1.07. The lowest BCUT2D eigenvalue weighted by Crippen LogP contribution is -2.47. The second kappa shape index (κ2) is 7.03. The molecule has 8 nitrogen and oxygen atoms in total. The number of hydrogen-bond donors (Lipinski definition) is 5. The Hall–Kier alpha value is -2.29. The molecule has 2 aromatic rings. The molecule has 3 unspecified atom stereocenters. The summed E-state index contributed by atoms with van der Waals surface area (Å²) in [6.45, 7) is 1.54. The van der Waals surface area contributed by atoms with Crippen LogP contribution in [0.1, 0.15) is 31.7 Å². The van der Waals surface area contributed by atoms with Crippen molar-refractivity contribution < 1.29 is 25.2 Å². The average molecular weight is 375 g/mol. The second-order valence-corrected chi connectivity index (χ2v) is 7.48. The highest BCUT2D eigenvalue weighted by Crippen LogP contribution is 2.43. The third kappa shape index (κ3) is 3.13. The molecule has 0 aliphatic carbocycles. The van der Waals surface area contributed by atoms with Gasteiger partial charge in [0.25, 0.3) is 0 Å². The van der Waals surface area contributed by atoms with Gasteiger partial charge in [0.2, 0.25) is 11.8 Å². The number of aromatic hydroxyl groups is 2. The molecule has 0 radical (unpaired) electrons. The Morgan fingerprint density at radius 1 is 1.00 bits per heavy atom. The van der Waals surface area contributed by atoms with E-state index in [1.165, 1.54) is 4.57 Å². The molecule has 4 rings (SSSR count). The van der Waals surface area contributed by atoms with E-state index >= 15 is 0 Å². The van der Waals surface area contributed by atoms with Crippen molar-refractivity contribution in [3.05, 3.63) is 18.2 Å². The van der Waals surface area contributed by atoms with Gasteiger partial charge in [-0.2, -0.15) is 0 Å². The van der Waals surface area contributed by atoms with E-state index in [9.17, 15) is 25.2 Å². The van der Waals surface area contributed by atoms with Gasteiger partial charge in [-0.3, -0.25) is 9.88 Å². The number of aromatic nitrogens is 1. The maximum absolute atomic E-state index is 10.9. The van der Waals surface area contributed by atoms with Crippen LogP contribution in [0.3, 0.4) is 0 Å². The van der Waals surface area contributed by atoms with Gasteiger partial charge in [-0.05, 0) is 43.9 Å². The van der Waals surface area contributed by atoms with Gasteiger partial charge < -0.3 is 30.1 Å². The zero-order valence-corrected chi connectivity index (χ0v) is 15.0. The molecule has 2 saturated heterocycles. The monoisotopic (exact) mass is 375 g/mol. The Morgan fingerprint density at radius 2 is 1.70 bits per heavy atom. The molecule has 1 aromatic carbocycles. The molecule has 2 aliphatic rings. The van der Waals surface area contributed by atoms with Gasteiger partial charge in [0.15, 0.2) is 0 Å². The van der Waals surface area contributed by atoms with E-state index in [1.54, 1.807) is 6.07 Å². The number of carbonyl (C=O) groups excluding carboxylic acids is 1. The number of aliphatic hydroxyl groups is 2. The van der Waals surface area contributed by atoms with Gasteiger partial charge in [-0.1, -0.05) is 0 Å². The largest absolute Gasteiger partial charge is 0.494 e. The predicted octanol–water partition coefficient (Wildman–Crippen LogP) is 1.03. The number of hydrogen-bond acceptors (Lipinski definition) is 7. The lowest BCUT2D eigenvalue weighted by atomic mass is 9.98. The van der Waals surface area contributed by atoms with Gasteiger partial charge in [0.1, 0.15) is 18.7 Å². The van der Waals surface area contributed by atoms with Crippen LogP contribution in [0.2, 0.25) is 0 Å². The molecule has 5 N–H and O–H groups in total. The molecule has 2 aliphatic heterocycles. The highest BCUT2D eigenvalue weighted by Gasteiger charge is 2.33. The first-order valence-corrected chi connectivity index (χ1v) is 9.38. The van der Waals surface area contributed by atoms with Crippen LogP contribution >= 0.6 is 0 Å². The summed E-state index contributed by atoms with van der Waals surface area (Å²) in [5.41, 5.74) is 0.928. The van der Waals surface area contributed by atoms with Crippen LogP contribution in [0.25, 0.3) is 10.8 Å². The van der Waals surface area contributed by atoms with E-state index < -0.39 is 18.5 Å². The molecule has 146 valence electrons. The molecule has 27 heavy (non-hydrogen) atoms. The maximum atomic E-state index is 10.9. The van der Waals surface area contributed by atoms with Crippen molar-refractivity contribution in [3.8, 4) is 11.8 Å². The fourth-order valence-electron chi connectivity index (χ4n) is 4.22. The van der Waals surface area contributed by atoms with Crippen LogP contribution in [0, 0.1) is 5.92 Å². The average Bonchev–Trinajstić information content (AvgIpc) is 2.92. The number of aldehydes is 1. The Morgan fingerprint density at radius 3 is 2.37 bits per heavy atom. The zero-order valence-electron chi connectivity index (χ0n) is 15.0. The molecule has 0 saturated carbocycles. The van der Waals surface area contributed by atoms with E-state index in [-0.39, 0.29) is 17.7 Å². The topological polar surface area (TPSA) is 118 Å². The first-order chi connectivity index (χ1) is 13.0. The number of carbonyl (C=O) groups is 1. The van der Waals surface area contributed by atoms with Gasteiger partial charge >= 0.3 is 0 Å². The fourth-order valence-corrected chi connectivity index (χ4v) is 4.22. The smallest absolute Gasteiger partial charge is 0.202 e. The summed E-state index contributed by atoms with van der Waals surface area (Å²) in [6, 6.07) is 4.92. The number of anilines is 1. The van der Waals surface area contributed by atoms with Crippen molar-refractivity contribution in [2.24, 2.45) is 5.92 Å². The molecule has 3 atom stereocenters. The van der Waals surface area contributed by atoms with E-state index in [0.29, 0.717) is 23.6 Å². The van der Waals surface area contributed by atoms with Gasteiger partial charge in [0, 0.05) is 35.5 Å². The first-order valence-electron chi connectivity index (χ1n) is 9.38. The minimum Gasteiger partial charge on any atom is -0.494 e. The van der Waals surface area contributed by atoms with Crippen molar-refractivity contribution in [3.63, 3.8) is 0 Å². The molecule has 3 heterocycles. The lowest BCUT2D eigenvalue weighted by molar-refractivity contribution is -0.111. The number of fused-ring (bicyclic) bond motifs is 1. The van der Waals surface area contributed by atoms with Crippen molar-refractivity contribution in [1.82, 2.24) is 9.88 Å². The van der Waals surface area contributed by atoms with Crippen LogP contribution in [0.5, 0.6) is 11.8 Å². The molecular weight excluding hydrogens is 350 g/mol. The van der Waals surface area contributed by atoms with Crippen LogP contribution in [-0.2, 0) is 4.79 Å². The first kappa shape index (κ1) is 18.1. The third-order valence-corrected chi connectivity index (χ3v) is 5.83.